The molecule has 0 aliphatic carbocycles. The van der Waals surface area contributed by atoms with Crippen LogP contribution in [0.15, 0.2) is 43.0 Å². The van der Waals surface area contributed by atoms with Gasteiger partial charge < -0.3 is 14.7 Å². The molecule has 1 fully saturated rings. The number of benzene rings is 1. The van der Waals surface area contributed by atoms with E-state index in [-0.39, 0.29) is 12.1 Å². The minimum atomic E-state index is -0.586. The molecule has 0 bridgehead atoms. The zero-order chi connectivity index (χ0) is 14.6. The van der Waals surface area contributed by atoms with Crippen LogP contribution in [0.25, 0.3) is 0 Å². The summed E-state index contributed by atoms with van der Waals surface area (Å²) in [4.78, 5) is 0. The number of rotatable bonds is 6. The van der Waals surface area contributed by atoms with E-state index < -0.39 is 5.79 Å². The molecule has 2 atom stereocenters. The summed E-state index contributed by atoms with van der Waals surface area (Å²) >= 11 is 0. The number of nitrogens with zero attached hydrogens (tertiary/aromatic N) is 1. The molecule has 4 heteroatoms. The predicted molar refractivity (Wildman–Crippen MR) is 77.3 cm³/mol. The van der Waals surface area contributed by atoms with Gasteiger partial charge >= 0.3 is 0 Å². The predicted octanol–water partition coefficient (Wildman–Crippen LogP) is 2.97. The van der Waals surface area contributed by atoms with Crippen molar-refractivity contribution in [3.63, 3.8) is 0 Å². The molecule has 1 aliphatic rings. The van der Waals surface area contributed by atoms with Crippen LogP contribution in [0, 0.1) is 0 Å². The van der Waals surface area contributed by atoms with Gasteiger partial charge in [-0.2, -0.15) is 5.06 Å². The second kappa shape index (κ2) is 6.50. The molecule has 4 nitrogen and oxygen atoms in total. The van der Waals surface area contributed by atoms with Crippen molar-refractivity contribution in [1.29, 1.82) is 0 Å². The smallest absolute Gasteiger partial charge is 0.163 e. The topological polar surface area (TPSA) is 41.9 Å². The Morgan fingerprint density at radius 3 is 2.70 bits per heavy atom. The summed E-state index contributed by atoms with van der Waals surface area (Å²) in [5.74, 6) is -0.586. The maximum absolute atomic E-state index is 10.4. The molecule has 0 saturated carbocycles. The standard InChI is InChI=1S/C16H23NO3/c1-4-8-14(15-12-19-16(2,3)20-15)17(18)11-13-9-6-5-7-10-13/h4-7,9-10,14-15,18H,1,8,11-12H2,2-3H3. The SMILES string of the molecule is C=CCC(C1COC(C)(C)O1)N(O)Cc1ccccc1. The first-order valence-corrected chi connectivity index (χ1v) is 6.94. The van der Waals surface area contributed by atoms with Crippen molar-refractivity contribution in [2.24, 2.45) is 0 Å². The summed E-state index contributed by atoms with van der Waals surface area (Å²) in [6.45, 7) is 8.48. The zero-order valence-electron chi connectivity index (χ0n) is 12.2. The molecule has 2 rings (SSSR count). The van der Waals surface area contributed by atoms with Gasteiger partial charge in [0.15, 0.2) is 5.79 Å². The molecule has 1 N–H and O–H groups in total. The van der Waals surface area contributed by atoms with E-state index in [1.807, 2.05) is 44.2 Å². The van der Waals surface area contributed by atoms with E-state index in [4.69, 9.17) is 9.47 Å². The molecular weight excluding hydrogens is 254 g/mol. The van der Waals surface area contributed by atoms with Crippen molar-refractivity contribution in [2.75, 3.05) is 6.61 Å². The molecule has 0 spiro atoms. The van der Waals surface area contributed by atoms with Crippen LogP contribution < -0.4 is 0 Å². The number of hydrogen-bond donors (Lipinski definition) is 1. The molecule has 1 aromatic carbocycles. The molecule has 2 unspecified atom stereocenters. The number of hydrogen-bond acceptors (Lipinski definition) is 4. The molecule has 20 heavy (non-hydrogen) atoms. The molecule has 0 aromatic heterocycles. The molecule has 1 heterocycles. The third kappa shape index (κ3) is 3.90. The van der Waals surface area contributed by atoms with Crippen molar-refractivity contribution in [3.05, 3.63) is 48.6 Å². The first-order chi connectivity index (χ1) is 9.52. The number of ether oxygens (including phenoxy) is 2. The maximum atomic E-state index is 10.4. The molecule has 1 aromatic rings. The molecule has 1 saturated heterocycles. The van der Waals surface area contributed by atoms with Crippen LogP contribution in [0.2, 0.25) is 0 Å². The zero-order valence-corrected chi connectivity index (χ0v) is 12.2. The van der Waals surface area contributed by atoms with E-state index in [0.29, 0.717) is 19.6 Å². The lowest BCUT2D eigenvalue weighted by atomic mass is 10.1. The van der Waals surface area contributed by atoms with Gasteiger partial charge in [-0.25, -0.2) is 0 Å². The van der Waals surface area contributed by atoms with E-state index in [0.717, 1.165) is 5.56 Å². The van der Waals surface area contributed by atoms with Gasteiger partial charge in [-0.1, -0.05) is 36.4 Å². The van der Waals surface area contributed by atoms with Crippen molar-refractivity contribution >= 4 is 0 Å². The van der Waals surface area contributed by atoms with E-state index in [9.17, 15) is 5.21 Å². The highest BCUT2D eigenvalue weighted by atomic mass is 16.7. The normalized spacial score (nSPS) is 22.9. The quantitative estimate of drug-likeness (QED) is 0.641. The van der Waals surface area contributed by atoms with Crippen LogP contribution in [-0.2, 0) is 16.0 Å². The van der Waals surface area contributed by atoms with Crippen LogP contribution in [0.4, 0.5) is 0 Å². The first-order valence-electron chi connectivity index (χ1n) is 6.94. The van der Waals surface area contributed by atoms with E-state index in [1.54, 1.807) is 6.08 Å². The third-order valence-electron chi connectivity index (χ3n) is 3.44. The Balaban J connectivity index is 2.02. The van der Waals surface area contributed by atoms with Crippen LogP contribution in [0.1, 0.15) is 25.8 Å². The second-order valence-electron chi connectivity index (χ2n) is 5.54. The van der Waals surface area contributed by atoms with Crippen molar-refractivity contribution < 1.29 is 14.7 Å². The van der Waals surface area contributed by atoms with Gasteiger partial charge in [0.2, 0.25) is 0 Å². The molecular formula is C16H23NO3. The van der Waals surface area contributed by atoms with Gasteiger partial charge in [0.25, 0.3) is 0 Å². The van der Waals surface area contributed by atoms with Crippen LogP contribution in [0.3, 0.4) is 0 Å². The number of hydroxylamine groups is 2. The maximum Gasteiger partial charge on any atom is 0.163 e. The monoisotopic (exact) mass is 277 g/mol. The fourth-order valence-electron chi connectivity index (χ4n) is 2.43. The minimum absolute atomic E-state index is 0.156. The van der Waals surface area contributed by atoms with E-state index in [2.05, 4.69) is 6.58 Å². The van der Waals surface area contributed by atoms with Crippen molar-refractivity contribution in [1.82, 2.24) is 5.06 Å². The fraction of sp³-hybridized carbons (Fsp3) is 0.500. The highest BCUT2D eigenvalue weighted by molar-refractivity contribution is 5.14. The molecule has 0 amide bonds. The lowest BCUT2D eigenvalue weighted by Crippen LogP contribution is -2.43. The Kier molecular flexibility index (Phi) is 4.94. The van der Waals surface area contributed by atoms with Crippen LogP contribution in [0.5, 0.6) is 0 Å². The largest absolute Gasteiger partial charge is 0.348 e. The Labute approximate surface area is 120 Å². The van der Waals surface area contributed by atoms with Crippen molar-refractivity contribution in [3.8, 4) is 0 Å². The summed E-state index contributed by atoms with van der Waals surface area (Å²) in [7, 11) is 0. The van der Waals surface area contributed by atoms with Gasteiger partial charge in [0.1, 0.15) is 6.10 Å². The molecule has 0 radical (unpaired) electrons. The van der Waals surface area contributed by atoms with Gasteiger partial charge in [0.05, 0.1) is 12.6 Å². The Hall–Kier alpha value is -1.20. The summed E-state index contributed by atoms with van der Waals surface area (Å²) in [6, 6.07) is 9.71. The lowest BCUT2D eigenvalue weighted by molar-refractivity contribution is -0.188. The van der Waals surface area contributed by atoms with Gasteiger partial charge in [-0.15, -0.1) is 6.58 Å². The van der Waals surface area contributed by atoms with Crippen LogP contribution in [-0.4, -0.2) is 34.8 Å². The van der Waals surface area contributed by atoms with Crippen LogP contribution >= 0.6 is 0 Å². The van der Waals surface area contributed by atoms with E-state index >= 15 is 0 Å². The second-order valence-corrected chi connectivity index (χ2v) is 5.54. The highest BCUT2D eigenvalue weighted by Gasteiger charge is 2.39. The summed E-state index contributed by atoms with van der Waals surface area (Å²) < 4.78 is 11.4. The Morgan fingerprint density at radius 2 is 2.15 bits per heavy atom. The fourth-order valence-corrected chi connectivity index (χ4v) is 2.43. The summed E-state index contributed by atoms with van der Waals surface area (Å²) in [6.07, 6.45) is 2.29. The van der Waals surface area contributed by atoms with E-state index in [1.165, 1.54) is 5.06 Å². The average Bonchev–Trinajstić information content (AvgIpc) is 2.77. The van der Waals surface area contributed by atoms with Crippen molar-refractivity contribution in [2.45, 2.75) is 44.7 Å². The lowest BCUT2D eigenvalue weighted by Gasteiger charge is -2.30. The first kappa shape index (κ1) is 15.2. The van der Waals surface area contributed by atoms with Gasteiger partial charge in [-0.05, 0) is 25.8 Å². The highest BCUT2D eigenvalue weighted by Crippen LogP contribution is 2.27. The summed E-state index contributed by atoms with van der Waals surface area (Å²) in [5, 5.41) is 11.7. The molecule has 1 aliphatic heterocycles. The Bertz CT molecular complexity index is 433. The average molecular weight is 277 g/mol. The third-order valence-corrected chi connectivity index (χ3v) is 3.44. The Morgan fingerprint density at radius 1 is 1.45 bits per heavy atom. The minimum Gasteiger partial charge on any atom is -0.348 e. The summed E-state index contributed by atoms with van der Waals surface area (Å²) in [5.41, 5.74) is 1.06. The molecule has 110 valence electrons. The van der Waals surface area contributed by atoms with Gasteiger partial charge in [-0.3, -0.25) is 0 Å². The van der Waals surface area contributed by atoms with Gasteiger partial charge in [0, 0.05) is 6.54 Å².